The first-order chi connectivity index (χ1) is 13.1. The Kier molecular flexibility index (Phi) is 6.44. The quantitative estimate of drug-likeness (QED) is 0.446. The van der Waals surface area contributed by atoms with Crippen molar-refractivity contribution in [1.82, 2.24) is 4.90 Å². The molecule has 0 radical (unpaired) electrons. The van der Waals surface area contributed by atoms with Crippen molar-refractivity contribution in [3.05, 3.63) is 65.7 Å². The highest BCUT2D eigenvalue weighted by Crippen LogP contribution is 2.18. The molecule has 27 heavy (non-hydrogen) atoms. The van der Waals surface area contributed by atoms with Crippen molar-refractivity contribution in [1.29, 1.82) is 0 Å². The number of carbonyl (C=O) groups is 1. The monoisotopic (exact) mass is 368 g/mol. The number of hydrogen-bond donors (Lipinski definition) is 2. The Morgan fingerprint density at radius 1 is 1.15 bits per heavy atom. The highest BCUT2D eigenvalue weighted by Gasteiger charge is 2.25. The van der Waals surface area contributed by atoms with Gasteiger partial charge in [0.1, 0.15) is 18.1 Å². The maximum absolute atomic E-state index is 11.2. The summed E-state index contributed by atoms with van der Waals surface area (Å²) in [6, 6.07) is 16.6. The van der Waals surface area contributed by atoms with Crippen LogP contribution < -0.4 is 0 Å². The fourth-order valence-corrected chi connectivity index (χ4v) is 3.26. The minimum atomic E-state index is -0.728. The van der Waals surface area contributed by atoms with Crippen LogP contribution in [0, 0.1) is 5.92 Å². The van der Waals surface area contributed by atoms with Gasteiger partial charge in [0.25, 0.3) is 0 Å². The van der Waals surface area contributed by atoms with Gasteiger partial charge in [0, 0.05) is 24.2 Å². The number of phenolic OH excluding ortho intramolecular Hbond substituents is 1. The van der Waals surface area contributed by atoms with E-state index < -0.39 is 5.97 Å². The minimum Gasteiger partial charge on any atom is -0.508 e. The minimum absolute atomic E-state index is 0.171. The lowest BCUT2D eigenvalue weighted by molar-refractivity contribution is -0.143. The summed E-state index contributed by atoms with van der Waals surface area (Å²) in [4.78, 5) is 18.8. The first-order valence-electron chi connectivity index (χ1n) is 9.13. The zero-order chi connectivity index (χ0) is 19.1. The van der Waals surface area contributed by atoms with Crippen molar-refractivity contribution in [3.63, 3.8) is 0 Å². The van der Waals surface area contributed by atoms with Gasteiger partial charge >= 0.3 is 5.97 Å². The van der Waals surface area contributed by atoms with Gasteiger partial charge in [-0.2, -0.15) is 0 Å². The van der Waals surface area contributed by atoms with Gasteiger partial charge in [-0.3, -0.25) is 9.69 Å². The van der Waals surface area contributed by atoms with Gasteiger partial charge in [0.05, 0.1) is 5.92 Å². The van der Waals surface area contributed by atoms with Crippen molar-refractivity contribution in [2.24, 2.45) is 11.1 Å². The molecule has 1 unspecified atom stereocenters. The number of benzene rings is 2. The predicted octanol–water partition coefficient (Wildman–Crippen LogP) is 2.96. The average Bonchev–Trinajstić information content (AvgIpc) is 2.69. The van der Waals surface area contributed by atoms with Gasteiger partial charge < -0.3 is 15.1 Å². The number of aromatic hydroxyl groups is 1. The number of rotatable bonds is 7. The highest BCUT2D eigenvalue weighted by molar-refractivity contribution is 6.12. The second kappa shape index (κ2) is 9.19. The maximum Gasteiger partial charge on any atom is 0.307 e. The molecule has 0 aromatic heterocycles. The van der Waals surface area contributed by atoms with Crippen LogP contribution in [0.1, 0.15) is 24.0 Å². The molecule has 1 aliphatic heterocycles. The molecule has 2 N–H and O–H groups in total. The second-order valence-electron chi connectivity index (χ2n) is 6.67. The first kappa shape index (κ1) is 18.9. The number of nitrogens with zero attached hydrogens (tertiary/aromatic N) is 2. The third-order valence-electron chi connectivity index (χ3n) is 4.68. The van der Waals surface area contributed by atoms with E-state index in [1.807, 2.05) is 36.4 Å². The van der Waals surface area contributed by atoms with E-state index >= 15 is 0 Å². The van der Waals surface area contributed by atoms with Crippen LogP contribution in [0.25, 0.3) is 0 Å². The Balaban J connectivity index is 1.65. The number of oxime groups is 1. The van der Waals surface area contributed by atoms with Gasteiger partial charge in [-0.05, 0) is 31.5 Å². The fourth-order valence-electron chi connectivity index (χ4n) is 3.26. The molecule has 0 saturated carbocycles. The third-order valence-corrected chi connectivity index (χ3v) is 4.68. The number of carboxylic acid groups (broad SMARTS) is 1. The van der Waals surface area contributed by atoms with E-state index in [0.29, 0.717) is 25.4 Å². The lowest BCUT2D eigenvalue weighted by Crippen LogP contribution is -2.40. The Morgan fingerprint density at radius 3 is 2.67 bits per heavy atom. The van der Waals surface area contributed by atoms with Gasteiger partial charge in [0.15, 0.2) is 0 Å². The van der Waals surface area contributed by atoms with E-state index in [9.17, 15) is 15.0 Å². The van der Waals surface area contributed by atoms with E-state index in [0.717, 1.165) is 30.5 Å². The lowest BCUT2D eigenvalue weighted by atomic mass is 9.98. The molecule has 2 aromatic rings. The number of aliphatic carboxylic acids is 1. The van der Waals surface area contributed by atoms with Crippen molar-refractivity contribution in [2.45, 2.75) is 12.8 Å². The fraction of sp³-hybridized carbons (Fsp3) is 0.333. The molecule has 142 valence electrons. The Bertz CT molecular complexity index is 792. The van der Waals surface area contributed by atoms with Crippen molar-refractivity contribution in [3.8, 4) is 5.75 Å². The summed E-state index contributed by atoms with van der Waals surface area (Å²) in [5.74, 6) is -0.854. The topological polar surface area (TPSA) is 82.4 Å². The Hall–Kier alpha value is -2.86. The SMILES string of the molecule is O=C(O)C1CCCN(CCO/N=C(/c2ccccc2)c2cccc(O)c2)C1. The summed E-state index contributed by atoms with van der Waals surface area (Å²) in [5.41, 5.74) is 2.31. The van der Waals surface area contributed by atoms with Crippen molar-refractivity contribution < 1.29 is 19.8 Å². The van der Waals surface area contributed by atoms with Gasteiger partial charge in [-0.15, -0.1) is 0 Å². The first-order valence-corrected chi connectivity index (χ1v) is 9.13. The average molecular weight is 368 g/mol. The van der Waals surface area contributed by atoms with Crippen LogP contribution in [0.15, 0.2) is 59.8 Å². The third kappa shape index (κ3) is 5.31. The smallest absolute Gasteiger partial charge is 0.307 e. The van der Waals surface area contributed by atoms with Crippen molar-refractivity contribution in [2.75, 3.05) is 26.2 Å². The van der Waals surface area contributed by atoms with E-state index in [1.165, 1.54) is 0 Å². The molecule has 1 aliphatic rings. The molecular formula is C21H24N2O4. The van der Waals surface area contributed by atoms with Crippen molar-refractivity contribution >= 4 is 11.7 Å². The van der Waals surface area contributed by atoms with E-state index in [2.05, 4.69) is 10.1 Å². The second-order valence-corrected chi connectivity index (χ2v) is 6.67. The lowest BCUT2D eigenvalue weighted by Gasteiger charge is -2.29. The summed E-state index contributed by atoms with van der Waals surface area (Å²) in [7, 11) is 0. The van der Waals surface area contributed by atoms with Gasteiger partial charge in [0.2, 0.25) is 0 Å². The van der Waals surface area contributed by atoms with Gasteiger partial charge in [-0.1, -0.05) is 47.6 Å². The molecule has 6 heteroatoms. The standard InChI is InChI=1S/C21H24N2O4/c24-19-10-4-8-17(14-19)20(16-6-2-1-3-7-16)22-27-13-12-23-11-5-9-18(15-23)21(25)26/h1-4,6-8,10,14,18,24H,5,9,11-13,15H2,(H,25,26)/b22-20-. The molecule has 0 spiro atoms. The predicted molar refractivity (Wildman–Crippen MR) is 103 cm³/mol. The van der Waals surface area contributed by atoms with E-state index in [-0.39, 0.29) is 11.7 Å². The number of carboxylic acids is 1. The summed E-state index contributed by atoms with van der Waals surface area (Å²) in [5, 5.41) is 23.3. The summed E-state index contributed by atoms with van der Waals surface area (Å²) in [6.07, 6.45) is 1.62. The van der Waals surface area contributed by atoms with Crippen LogP contribution in [0.2, 0.25) is 0 Å². The molecule has 0 bridgehead atoms. The number of likely N-dealkylation sites (tertiary alicyclic amines) is 1. The van der Waals surface area contributed by atoms with Crippen LogP contribution in [0.5, 0.6) is 5.75 Å². The zero-order valence-electron chi connectivity index (χ0n) is 15.1. The van der Waals surface area contributed by atoms with Crippen LogP contribution in [0.4, 0.5) is 0 Å². The molecule has 0 amide bonds. The molecular weight excluding hydrogens is 344 g/mol. The molecule has 3 rings (SSSR count). The molecule has 1 heterocycles. The Labute approximate surface area is 158 Å². The zero-order valence-corrected chi connectivity index (χ0v) is 15.1. The number of piperidine rings is 1. The molecule has 0 aliphatic carbocycles. The summed E-state index contributed by atoms with van der Waals surface area (Å²) in [6.45, 7) is 2.45. The summed E-state index contributed by atoms with van der Waals surface area (Å²) >= 11 is 0. The molecule has 1 saturated heterocycles. The molecule has 6 nitrogen and oxygen atoms in total. The Morgan fingerprint density at radius 2 is 1.93 bits per heavy atom. The van der Waals surface area contributed by atoms with Crippen LogP contribution in [-0.2, 0) is 9.63 Å². The van der Waals surface area contributed by atoms with Crippen LogP contribution >= 0.6 is 0 Å². The molecule has 1 atom stereocenters. The summed E-state index contributed by atoms with van der Waals surface area (Å²) < 4.78 is 0. The number of hydrogen-bond acceptors (Lipinski definition) is 5. The largest absolute Gasteiger partial charge is 0.508 e. The van der Waals surface area contributed by atoms with E-state index in [1.54, 1.807) is 18.2 Å². The molecule has 1 fully saturated rings. The van der Waals surface area contributed by atoms with Crippen LogP contribution in [-0.4, -0.2) is 53.0 Å². The van der Waals surface area contributed by atoms with Crippen LogP contribution in [0.3, 0.4) is 0 Å². The molecule has 2 aromatic carbocycles. The van der Waals surface area contributed by atoms with Gasteiger partial charge in [-0.25, -0.2) is 0 Å². The normalized spacial score (nSPS) is 18.2. The van der Waals surface area contributed by atoms with E-state index in [4.69, 9.17) is 4.84 Å². The number of phenols is 1. The highest BCUT2D eigenvalue weighted by atomic mass is 16.6. The maximum atomic E-state index is 11.2.